The van der Waals surface area contributed by atoms with Crippen LogP contribution in [-0.2, 0) is 0 Å². The summed E-state index contributed by atoms with van der Waals surface area (Å²) in [6, 6.07) is -0.266. The summed E-state index contributed by atoms with van der Waals surface area (Å²) < 4.78 is 24.0. The molecule has 0 N–H and O–H groups in total. The van der Waals surface area contributed by atoms with Crippen molar-refractivity contribution >= 4 is 17.4 Å². The summed E-state index contributed by atoms with van der Waals surface area (Å²) in [5.74, 6) is -2.49. The molecule has 1 rings (SSSR count). The minimum atomic E-state index is -2.49. The topological polar surface area (TPSA) is 12.4 Å². The second-order valence-corrected chi connectivity index (χ2v) is 2.32. The van der Waals surface area contributed by atoms with Gasteiger partial charge in [-0.2, -0.15) is 0 Å². The highest BCUT2D eigenvalue weighted by molar-refractivity contribution is 7.78. The molecule has 4 heteroatoms. The molecule has 0 saturated heterocycles. The van der Waals surface area contributed by atoms with Crippen LogP contribution in [0.2, 0.25) is 0 Å². The van der Waals surface area contributed by atoms with Crippen LogP contribution in [0.15, 0.2) is 4.99 Å². The zero-order valence-corrected chi connectivity index (χ0v) is 5.42. The van der Waals surface area contributed by atoms with Crippen LogP contribution < -0.4 is 0 Å². The van der Waals surface area contributed by atoms with E-state index in [9.17, 15) is 8.78 Å². The van der Waals surface area contributed by atoms with Crippen molar-refractivity contribution in [3.05, 3.63) is 0 Å². The number of rotatable bonds is 1. The Balaban J connectivity index is 2.35. The second kappa shape index (κ2) is 2.12. The molecular formula is C5H5F2NS. The SMILES string of the molecule is FC1(F)CC(N=C=S)C1. The number of nitrogens with zero attached hydrogens (tertiary/aromatic N) is 1. The monoisotopic (exact) mass is 149 g/mol. The van der Waals surface area contributed by atoms with Crippen molar-refractivity contribution in [2.75, 3.05) is 0 Å². The molecule has 0 aliphatic heterocycles. The van der Waals surface area contributed by atoms with Gasteiger partial charge in [-0.25, -0.2) is 13.8 Å². The number of aliphatic imine (C=N–C) groups is 1. The third kappa shape index (κ3) is 1.53. The summed E-state index contributed by atoms with van der Waals surface area (Å²) in [6.45, 7) is 0. The lowest BCUT2D eigenvalue weighted by molar-refractivity contribution is -0.0832. The first-order valence-electron chi connectivity index (χ1n) is 2.59. The van der Waals surface area contributed by atoms with E-state index >= 15 is 0 Å². The zero-order valence-electron chi connectivity index (χ0n) is 4.60. The molecule has 0 radical (unpaired) electrons. The van der Waals surface area contributed by atoms with Gasteiger partial charge in [0.15, 0.2) is 0 Å². The number of isothiocyanates is 1. The second-order valence-electron chi connectivity index (χ2n) is 2.14. The molecule has 0 bridgehead atoms. The number of hydrogen-bond donors (Lipinski definition) is 0. The molecule has 0 amide bonds. The fraction of sp³-hybridized carbons (Fsp3) is 0.800. The maximum absolute atomic E-state index is 12.0. The van der Waals surface area contributed by atoms with E-state index < -0.39 is 5.92 Å². The van der Waals surface area contributed by atoms with E-state index in [1.54, 1.807) is 0 Å². The lowest BCUT2D eigenvalue weighted by Gasteiger charge is -2.30. The smallest absolute Gasteiger partial charge is 0.229 e. The molecule has 1 aliphatic rings. The van der Waals surface area contributed by atoms with Crippen molar-refractivity contribution in [1.82, 2.24) is 0 Å². The van der Waals surface area contributed by atoms with Gasteiger partial charge >= 0.3 is 0 Å². The molecule has 1 aliphatic carbocycles. The van der Waals surface area contributed by atoms with Crippen LogP contribution in [-0.4, -0.2) is 17.1 Å². The van der Waals surface area contributed by atoms with Gasteiger partial charge in [0.05, 0.1) is 11.2 Å². The molecule has 0 unspecified atom stereocenters. The van der Waals surface area contributed by atoms with Crippen LogP contribution >= 0.6 is 12.2 Å². The van der Waals surface area contributed by atoms with Crippen molar-refractivity contribution in [1.29, 1.82) is 0 Å². The van der Waals surface area contributed by atoms with Crippen molar-refractivity contribution < 1.29 is 8.78 Å². The number of alkyl halides is 2. The first-order chi connectivity index (χ1) is 4.14. The average molecular weight is 149 g/mol. The highest BCUT2D eigenvalue weighted by atomic mass is 32.1. The van der Waals surface area contributed by atoms with Gasteiger partial charge in [0.25, 0.3) is 5.92 Å². The summed E-state index contributed by atoms with van der Waals surface area (Å²) in [5.41, 5.74) is 0. The van der Waals surface area contributed by atoms with Gasteiger partial charge in [-0.3, -0.25) is 0 Å². The predicted octanol–water partition coefficient (Wildman–Crippen LogP) is 1.89. The minimum Gasteiger partial charge on any atom is -0.229 e. The lowest BCUT2D eigenvalue weighted by atomic mass is 9.89. The van der Waals surface area contributed by atoms with E-state index in [4.69, 9.17) is 0 Å². The Morgan fingerprint density at radius 2 is 2.11 bits per heavy atom. The maximum atomic E-state index is 12.0. The fourth-order valence-electron chi connectivity index (χ4n) is 0.795. The molecule has 0 spiro atoms. The van der Waals surface area contributed by atoms with E-state index in [0.29, 0.717) is 0 Å². The Morgan fingerprint density at radius 1 is 1.56 bits per heavy atom. The number of thiocarbonyl (C=S) groups is 1. The van der Waals surface area contributed by atoms with Crippen LogP contribution in [0.4, 0.5) is 8.78 Å². The quantitative estimate of drug-likeness (QED) is 0.409. The van der Waals surface area contributed by atoms with E-state index in [1.165, 1.54) is 0 Å². The number of halogens is 2. The predicted molar refractivity (Wildman–Crippen MR) is 33.0 cm³/mol. The van der Waals surface area contributed by atoms with Gasteiger partial charge in [-0.05, 0) is 12.2 Å². The van der Waals surface area contributed by atoms with Crippen LogP contribution in [0.1, 0.15) is 12.8 Å². The molecule has 0 aromatic carbocycles. The van der Waals surface area contributed by atoms with Gasteiger partial charge < -0.3 is 0 Å². The molecular weight excluding hydrogens is 144 g/mol. The summed E-state index contributed by atoms with van der Waals surface area (Å²) >= 11 is 4.24. The van der Waals surface area contributed by atoms with Gasteiger partial charge in [0.1, 0.15) is 0 Å². The fourth-order valence-corrected chi connectivity index (χ4v) is 0.945. The number of hydrogen-bond acceptors (Lipinski definition) is 2. The first-order valence-corrected chi connectivity index (χ1v) is 3.00. The Kier molecular flexibility index (Phi) is 1.60. The first kappa shape index (κ1) is 6.78. The molecule has 50 valence electrons. The molecule has 1 saturated carbocycles. The molecule has 1 nitrogen and oxygen atoms in total. The minimum absolute atomic E-state index is 0.156. The van der Waals surface area contributed by atoms with E-state index in [0.717, 1.165) is 0 Å². The van der Waals surface area contributed by atoms with Crippen LogP contribution in [0.25, 0.3) is 0 Å². The summed E-state index contributed by atoms with van der Waals surface area (Å²) in [5, 5.41) is 2.08. The molecule has 0 aromatic rings. The Labute approximate surface area is 56.8 Å². The molecule has 1 fully saturated rings. The van der Waals surface area contributed by atoms with Gasteiger partial charge in [0, 0.05) is 12.8 Å². The third-order valence-electron chi connectivity index (χ3n) is 1.30. The van der Waals surface area contributed by atoms with Crippen molar-refractivity contribution in [2.45, 2.75) is 24.8 Å². The lowest BCUT2D eigenvalue weighted by Crippen LogP contribution is -2.38. The van der Waals surface area contributed by atoms with E-state index in [1.807, 2.05) is 0 Å². The molecule has 0 atom stereocenters. The molecule has 9 heavy (non-hydrogen) atoms. The van der Waals surface area contributed by atoms with E-state index in [-0.39, 0.29) is 18.9 Å². The maximum Gasteiger partial charge on any atom is 0.252 e. The Bertz CT molecular complexity index is 154. The normalized spacial score (nSPS) is 24.2. The molecule has 0 aromatic heterocycles. The van der Waals surface area contributed by atoms with E-state index in [2.05, 4.69) is 22.4 Å². The summed E-state index contributed by atoms with van der Waals surface area (Å²) in [7, 11) is 0. The van der Waals surface area contributed by atoms with Crippen molar-refractivity contribution in [3.8, 4) is 0 Å². The van der Waals surface area contributed by atoms with Crippen LogP contribution in [0.5, 0.6) is 0 Å². The Morgan fingerprint density at radius 3 is 2.44 bits per heavy atom. The Hall–Kier alpha value is -0.340. The average Bonchev–Trinajstić information content (AvgIpc) is 1.62. The van der Waals surface area contributed by atoms with Gasteiger partial charge in [-0.1, -0.05) is 0 Å². The van der Waals surface area contributed by atoms with Crippen molar-refractivity contribution in [3.63, 3.8) is 0 Å². The summed E-state index contributed by atoms with van der Waals surface area (Å²) in [6.07, 6.45) is -0.312. The standard InChI is InChI=1S/C5H5F2NS/c6-5(7)1-4(2-5)8-3-9/h4H,1-2H2. The van der Waals surface area contributed by atoms with Gasteiger partial charge in [-0.15, -0.1) is 0 Å². The van der Waals surface area contributed by atoms with Crippen molar-refractivity contribution in [2.24, 2.45) is 4.99 Å². The van der Waals surface area contributed by atoms with Gasteiger partial charge in [0.2, 0.25) is 0 Å². The highest BCUT2D eigenvalue weighted by Crippen LogP contribution is 2.38. The zero-order chi connectivity index (χ0) is 6.91. The summed E-state index contributed by atoms with van der Waals surface area (Å²) in [4.78, 5) is 3.51. The third-order valence-corrected chi connectivity index (χ3v) is 1.41. The van der Waals surface area contributed by atoms with Crippen LogP contribution in [0, 0.1) is 0 Å². The largest absolute Gasteiger partial charge is 0.252 e. The van der Waals surface area contributed by atoms with Crippen LogP contribution in [0.3, 0.4) is 0 Å². The molecule has 0 heterocycles. The highest BCUT2D eigenvalue weighted by Gasteiger charge is 2.45.